The molecule has 0 bridgehead atoms. The largest absolute Gasteiger partial charge is 0.353 e. The van der Waals surface area contributed by atoms with Gasteiger partial charge in [-0.2, -0.15) is 0 Å². The fraction of sp³-hybridized carbons (Fsp3) is 0.500. The molecule has 5 heteroatoms. The molecule has 0 radical (unpaired) electrons. The summed E-state index contributed by atoms with van der Waals surface area (Å²) in [5, 5.41) is 3.01. The van der Waals surface area contributed by atoms with Gasteiger partial charge < -0.3 is 11.1 Å². The maximum absolute atomic E-state index is 12.7. The first-order chi connectivity index (χ1) is 8.63. The molecule has 1 fully saturated rings. The third-order valence-electron chi connectivity index (χ3n) is 3.41. The Kier molecular flexibility index (Phi) is 6.25. The average Bonchev–Trinajstić information content (AvgIpc) is 2.35. The highest BCUT2D eigenvalue weighted by molar-refractivity contribution is 5.85. The summed E-state index contributed by atoms with van der Waals surface area (Å²) in [6.45, 7) is 0. The molecule has 0 atom stereocenters. The molecule has 1 aromatic carbocycles. The molecule has 1 amide bonds. The molecular formula is C14H20ClFN2O. The average molecular weight is 287 g/mol. The van der Waals surface area contributed by atoms with Crippen molar-refractivity contribution in [3.63, 3.8) is 0 Å². The van der Waals surface area contributed by atoms with Gasteiger partial charge in [0, 0.05) is 12.1 Å². The van der Waals surface area contributed by atoms with Crippen molar-refractivity contribution in [1.29, 1.82) is 0 Å². The summed E-state index contributed by atoms with van der Waals surface area (Å²) >= 11 is 0. The van der Waals surface area contributed by atoms with E-state index >= 15 is 0 Å². The van der Waals surface area contributed by atoms with Crippen LogP contribution in [-0.2, 0) is 11.2 Å². The highest BCUT2D eigenvalue weighted by atomic mass is 35.5. The van der Waals surface area contributed by atoms with Crippen LogP contribution in [0.3, 0.4) is 0 Å². The first-order valence-electron chi connectivity index (χ1n) is 6.43. The number of rotatable bonds is 3. The first-order valence-corrected chi connectivity index (χ1v) is 6.43. The second-order valence-electron chi connectivity index (χ2n) is 4.98. The molecule has 1 aromatic rings. The van der Waals surface area contributed by atoms with Crippen LogP contribution < -0.4 is 11.1 Å². The topological polar surface area (TPSA) is 55.1 Å². The molecule has 1 aliphatic carbocycles. The summed E-state index contributed by atoms with van der Waals surface area (Å²) in [5.74, 6) is -0.275. The lowest BCUT2D eigenvalue weighted by atomic mass is 9.91. The van der Waals surface area contributed by atoms with Gasteiger partial charge in [-0.25, -0.2) is 4.39 Å². The lowest BCUT2D eigenvalue weighted by molar-refractivity contribution is -0.121. The smallest absolute Gasteiger partial charge is 0.224 e. The van der Waals surface area contributed by atoms with Gasteiger partial charge in [-0.15, -0.1) is 12.4 Å². The third-order valence-corrected chi connectivity index (χ3v) is 3.41. The minimum atomic E-state index is -0.277. The Morgan fingerprint density at radius 2 is 1.79 bits per heavy atom. The number of hydrogen-bond acceptors (Lipinski definition) is 2. The Morgan fingerprint density at radius 1 is 1.21 bits per heavy atom. The van der Waals surface area contributed by atoms with E-state index in [9.17, 15) is 9.18 Å². The Morgan fingerprint density at radius 3 is 2.37 bits per heavy atom. The van der Waals surface area contributed by atoms with Gasteiger partial charge in [-0.1, -0.05) is 12.1 Å². The predicted octanol–water partition coefficient (Wildman–Crippen LogP) is 2.18. The van der Waals surface area contributed by atoms with Crippen LogP contribution in [-0.4, -0.2) is 18.0 Å². The zero-order chi connectivity index (χ0) is 13.0. The molecule has 2 rings (SSSR count). The first kappa shape index (κ1) is 15.9. The predicted molar refractivity (Wildman–Crippen MR) is 75.7 cm³/mol. The Bertz CT molecular complexity index is 402. The van der Waals surface area contributed by atoms with Gasteiger partial charge in [0.1, 0.15) is 5.82 Å². The normalized spacial score (nSPS) is 22.4. The fourth-order valence-electron chi connectivity index (χ4n) is 2.33. The molecule has 3 N–H and O–H groups in total. The second-order valence-corrected chi connectivity index (χ2v) is 4.98. The lowest BCUT2D eigenvalue weighted by Crippen LogP contribution is -2.41. The fourth-order valence-corrected chi connectivity index (χ4v) is 2.33. The van der Waals surface area contributed by atoms with Crippen LogP contribution in [0.4, 0.5) is 4.39 Å². The summed E-state index contributed by atoms with van der Waals surface area (Å²) in [4.78, 5) is 11.8. The van der Waals surface area contributed by atoms with E-state index in [4.69, 9.17) is 5.73 Å². The van der Waals surface area contributed by atoms with E-state index in [0.717, 1.165) is 31.2 Å². The zero-order valence-electron chi connectivity index (χ0n) is 10.8. The SMILES string of the molecule is Cl.NC1CCC(NC(=O)Cc2ccc(F)cc2)CC1. The number of amides is 1. The zero-order valence-corrected chi connectivity index (χ0v) is 11.6. The number of nitrogens with two attached hydrogens (primary N) is 1. The molecule has 3 nitrogen and oxygen atoms in total. The van der Waals surface area contributed by atoms with Crippen molar-refractivity contribution in [3.8, 4) is 0 Å². The summed E-state index contributed by atoms with van der Waals surface area (Å²) < 4.78 is 12.7. The number of halogens is 2. The summed E-state index contributed by atoms with van der Waals surface area (Å²) in [7, 11) is 0. The Balaban J connectivity index is 0.00000180. The number of hydrogen-bond donors (Lipinski definition) is 2. The van der Waals surface area contributed by atoms with Crippen molar-refractivity contribution in [2.24, 2.45) is 5.73 Å². The van der Waals surface area contributed by atoms with Crippen molar-refractivity contribution in [2.75, 3.05) is 0 Å². The van der Waals surface area contributed by atoms with Crippen LogP contribution in [0.5, 0.6) is 0 Å². The van der Waals surface area contributed by atoms with Crippen molar-refractivity contribution in [2.45, 2.75) is 44.2 Å². The molecule has 0 saturated heterocycles. The maximum atomic E-state index is 12.7. The number of carbonyl (C=O) groups excluding carboxylic acids is 1. The molecule has 0 spiro atoms. The van der Waals surface area contributed by atoms with Crippen LogP contribution in [0.15, 0.2) is 24.3 Å². The molecular weight excluding hydrogens is 267 g/mol. The van der Waals surface area contributed by atoms with Crippen LogP contribution in [0.1, 0.15) is 31.2 Å². The van der Waals surface area contributed by atoms with Gasteiger partial charge in [0.15, 0.2) is 0 Å². The molecule has 0 unspecified atom stereocenters. The Hall–Kier alpha value is -1.13. The monoisotopic (exact) mass is 286 g/mol. The van der Waals surface area contributed by atoms with Crippen LogP contribution in [0, 0.1) is 5.82 Å². The van der Waals surface area contributed by atoms with Crippen molar-refractivity contribution >= 4 is 18.3 Å². The summed E-state index contributed by atoms with van der Waals surface area (Å²) in [5.41, 5.74) is 6.65. The van der Waals surface area contributed by atoms with Gasteiger partial charge in [0.05, 0.1) is 6.42 Å². The van der Waals surface area contributed by atoms with Crippen molar-refractivity contribution in [3.05, 3.63) is 35.6 Å². The minimum absolute atomic E-state index is 0. The lowest BCUT2D eigenvalue weighted by Gasteiger charge is -2.26. The molecule has 1 aliphatic rings. The van der Waals surface area contributed by atoms with Gasteiger partial charge in [0.2, 0.25) is 5.91 Å². The molecule has 0 aromatic heterocycles. The van der Waals surface area contributed by atoms with E-state index in [0.29, 0.717) is 6.42 Å². The molecule has 1 saturated carbocycles. The van der Waals surface area contributed by atoms with Crippen LogP contribution in [0.25, 0.3) is 0 Å². The van der Waals surface area contributed by atoms with E-state index in [1.807, 2.05) is 0 Å². The van der Waals surface area contributed by atoms with E-state index in [1.54, 1.807) is 12.1 Å². The molecule has 0 heterocycles. The van der Waals surface area contributed by atoms with Gasteiger partial charge in [0.25, 0.3) is 0 Å². The Labute approximate surface area is 119 Å². The molecule has 19 heavy (non-hydrogen) atoms. The van der Waals surface area contributed by atoms with E-state index < -0.39 is 0 Å². The molecule has 106 valence electrons. The van der Waals surface area contributed by atoms with Gasteiger partial charge in [-0.05, 0) is 43.4 Å². The van der Waals surface area contributed by atoms with Gasteiger partial charge >= 0.3 is 0 Å². The molecule has 0 aliphatic heterocycles. The van der Waals surface area contributed by atoms with Crippen LogP contribution in [0.2, 0.25) is 0 Å². The van der Waals surface area contributed by atoms with E-state index in [2.05, 4.69) is 5.32 Å². The van der Waals surface area contributed by atoms with Crippen molar-refractivity contribution in [1.82, 2.24) is 5.32 Å². The number of benzene rings is 1. The standard InChI is InChI=1S/C14H19FN2O.ClH/c15-11-3-1-10(2-4-11)9-14(18)17-13-7-5-12(16)6-8-13;/h1-4,12-13H,5-9,16H2,(H,17,18);1H. The summed E-state index contributed by atoms with van der Waals surface area (Å²) in [6, 6.07) is 6.58. The maximum Gasteiger partial charge on any atom is 0.224 e. The number of carbonyl (C=O) groups is 1. The third kappa shape index (κ3) is 5.17. The highest BCUT2D eigenvalue weighted by Gasteiger charge is 2.19. The van der Waals surface area contributed by atoms with Gasteiger partial charge in [-0.3, -0.25) is 4.79 Å². The van der Waals surface area contributed by atoms with Crippen molar-refractivity contribution < 1.29 is 9.18 Å². The van der Waals surface area contributed by atoms with E-state index in [1.165, 1.54) is 12.1 Å². The van der Waals surface area contributed by atoms with Crippen LogP contribution >= 0.6 is 12.4 Å². The quantitative estimate of drug-likeness (QED) is 0.895. The minimum Gasteiger partial charge on any atom is -0.353 e. The second kappa shape index (κ2) is 7.46. The van der Waals surface area contributed by atoms with E-state index in [-0.39, 0.29) is 36.2 Å². The highest BCUT2D eigenvalue weighted by Crippen LogP contribution is 2.17. The summed E-state index contributed by atoms with van der Waals surface area (Å²) in [6.07, 6.45) is 4.17. The number of nitrogens with one attached hydrogen (secondary N) is 1.